The molecule has 1 amide bonds. The van der Waals surface area contributed by atoms with Gasteiger partial charge < -0.3 is 19.8 Å². The van der Waals surface area contributed by atoms with Crippen LogP contribution in [0.4, 0.5) is 4.79 Å². The molecule has 0 aliphatic carbocycles. The van der Waals surface area contributed by atoms with Gasteiger partial charge in [0.05, 0.1) is 12.8 Å². The highest BCUT2D eigenvalue weighted by atomic mass is 16.6. The van der Waals surface area contributed by atoms with Crippen LogP contribution in [-0.2, 0) is 11.3 Å². The van der Waals surface area contributed by atoms with Crippen LogP contribution in [0.1, 0.15) is 45.9 Å². The van der Waals surface area contributed by atoms with Crippen LogP contribution in [0.5, 0.6) is 0 Å². The molecule has 0 aliphatic rings. The molecule has 0 radical (unpaired) electrons. The Hall–Kier alpha value is -1.49. The fourth-order valence-electron chi connectivity index (χ4n) is 1.84. The number of ether oxygens (including phenoxy) is 1. The first-order chi connectivity index (χ1) is 9.69. The summed E-state index contributed by atoms with van der Waals surface area (Å²) in [6.45, 7) is 13.0. The predicted molar refractivity (Wildman–Crippen MR) is 83.1 cm³/mol. The monoisotopic (exact) mass is 296 g/mol. The number of carbonyl (C=O) groups is 1. The van der Waals surface area contributed by atoms with E-state index in [4.69, 9.17) is 9.15 Å². The largest absolute Gasteiger partial charge is 0.468 e. The van der Waals surface area contributed by atoms with Gasteiger partial charge in [-0.15, -0.1) is 0 Å². The van der Waals surface area contributed by atoms with E-state index in [0.717, 1.165) is 11.3 Å². The molecule has 1 heterocycles. The second-order valence-corrected chi connectivity index (χ2v) is 6.65. The zero-order valence-electron chi connectivity index (χ0n) is 13.9. The summed E-state index contributed by atoms with van der Waals surface area (Å²) in [5.74, 6) is 1.23. The summed E-state index contributed by atoms with van der Waals surface area (Å²) in [4.78, 5) is 11.8. The highest BCUT2D eigenvalue weighted by Crippen LogP contribution is 2.10. The Bertz CT molecular complexity index is 447. The Morgan fingerprint density at radius 2 is 2.05 bits per heavy atom. The minimum atomic E-state index is -0.482. The SMILES string of the molecule is Cc1ccoc1CNCC(NC(=O)OC(C)(C)C)C(C)C. The van der Waals surface area contributed by atoms with Gasteiger partial charge in [0.15, 0.2) is 0 Å². The summed E-state index contributed by atoms with van der Waals surface area (Å²) >= 11 is 0. The van der Waals surface area contributed by atoms with Gasteiger partial charge in [-0.25, -0.2) is 4.79 Å². The predicted octanol–water partition coefficient (Wildman–Crippen LogP) is 3.23. The van der Waals surface area contributed by atoms with Crippen LogP contribution in [0.15, 0.2) is 16.7 Å². The average Bonchev–Trinajstić information content (AvgIpc) is 2.71. The maximum absolute atomic E-state index is 11.8. The maximum Gasteiger partial charge on any atom is 0.407 e. The van der Waals surface area contributed by atoms with Crippen molar-refractivity contribution in [3.8, 4) is 0 Å². The Balaban J connectivity index is 2.43. The number of rotatable bonds is 6. The molecule has 0 saturated heterocycles. The molecule has 0 spiro atoms. The molecule has 0 fully saturated rings. The Morgan fingerprint density at radius 3 is 2.52 bits per heavy atom. The van der Waals surface area contributed by atoms with Crippen LogP contribution >= 0.6 is 0 Å². The lowest BCUT2D eigenvalue weighted by atomic mass is 10.0. The highest BCUT2D eigenvalue weighted by Gasteiger charge is 2.21. The number of hydrogen-bond acceptors (Lipinski definition) is 4. The lowest BCUT2D eigenvalue weighted by molar-refractivity contribution is 0.0490. The fourth-order valence-corrected chi connectivity index (χ4v) is 1.84. The molecule has 1 rings (SSSR count). The van der Waals surface area contributed by atoms with Crippen molar-refractivity contribution in [3.63, 3.8) is 0 Å². The summed E-state index contributed by atoms with van der Waals surface area (Å²) in [5, 5.41) is 6.23. The number of amides is 1. The van der Waals surface area contributed by atoms with Gasteiger partial charge in [-0.3, -0.25) is 0 Å². The molecule has 1 atom stereocenters. The number of nitrogens with one attached hydrogen (secondary N) is 2. The first kappa shape index (κ1) is 17.6. The number of furan rings is 1. The minimum Gasteiger partial charge on any atom is -0.468 e. The molecule has 0 bridgehead atoms. The Kier molecular flexibility index (Phi) is 6.27. The van der Waals surface area contributed by atoms with Crippen LogP contribution in [0.3, 0.4) is 0 Å². The lowest BCUT2D eigenvalue weighted by Gasteiger charge is -2.26. The van der Waals surface area contributed by atoms with Gasteiger partial charge in [-0.1, -0.05) is 13.8 Å². The first-order valence-corrected chi connectivity index (χ1v) is 7.42. The molecule has 1 unspecified atom stereocenters. The summed E-state index contributed by atoms with van der Waals surface area (Å²) < 4.78 is 10.7. The van der Waals surface area contributed by atoms with E-state index >= 15 is 0 Å². The highest BCUT2D eigenvalue weighted by molar-refractivity contribution is 5.68. The van der Waals surface area contributed by atoms with Gasteiger partial charge >= 0.3 is 6.09 Å². The molecular weight excluding hydrogens is 268 g/mol. The molecule has 1 aromatic rings. The second-order valence-electron chi connectivity index (χ2n) is 6.65. The molecule has 21 heavy (non-hydrogen) atoms. The van der Waals surface area contributed by atoms with Crippen molar-refractivity contribution in [1.82, 2.24) is 10.6 Å². The summed E-state index contributed by atoms with van der Waals surface area (Å²) in [6, 6.07) is 1.95. The van der Waals surface area contributed by atoms with Gasteiger partial charge in [-0.05, 0) is 45.2 Å². The number of carbonyl (C=O) groups excluding carboxylic acids is 1. The molecule has 1 aromatic heterocycles. The zero-order valence-corrected chi connectivity index (χ0v) is 13.9. The van der Waals surface area contributed by atoms with Crippen LogP contribution in [0, 0.1) is 12.8 Å². The van der Waals surface area contributed by atoms with E-state index < -0.39 is 5.60 Å². The van der Waals surface area contributed by atoms with Crippen LogP contribution in [0.2, 0.25) is 0 Å². The first-order valence-electron chi connectivity index (χ1n) is 7.42. The van der Waals surface area contributed by atoms with Crippen molar-refractivity contribution in [1.29, 1.82) is 0 Å². The molecule has 5 nitrogen and oxygen atoms in total. The normalized spacial score (nSPS) is 13.3. The molecule has 2 N–H and O–H groups in total. The maximum atomic E-state index is 11.8. The third kappa shape index (κ3) is 6.67. The van der Waals surface area contributed by atoms with Crippen LogP contribution in [-0.4, -0.2) is 24.3 Å². The van der Waals surface area contributed by atoms with Crippen LogP contribution in [0.25, 0.3) is 0 Å². The molecule has 120 valence electrons. The Labute approximate surface area is 127 Å². The van der Waals surface area contributed by atoms with Gasteiger partial charge in [0, 0.05) is 12.6 Å². The standard InChI is InChI=1S/C16H28N2O3/c1-11(2)13(18-15(19)21-16(4,5)6)9-17-10-14-12(3)7-8-20-14/h7-8,11,13,17H,9-10H2,1-6H3,(H,18,19). The number of alkyl carbamates (subject to hydrolysis) is 1. The molecule has 0 saturated carbocycles. The molecule has 0 aromatic carbocycles. The van der Waals surface area contributed by atoms with E-state index in [9.17, 15) is 4.79 Å². The second kappa shape index (κ2) is 7.50. The average molecular weight is 296 g/mol. The van der Waals surface area contributed by atoms with E-state index in [1.807, 2.05) is 33.8 Å². The van der Waals surface area contributed by atoms with Crippen molar-refractivity contribution < 1.29 is 13.9 Å². The van der Waals surface area contributed by atoms with Gasteiger partial charge in [0.2, 0.25) is 0 Å². The van der Waals surface area contributed by atoms with E-state index in [-0.39, 0.29) is 12.1 Å². The van der Waals surface area contributed by atoms with Crippen molar-refractivity contribution in [3.05, 3.63) is 23.7 Å². The Morgan fingerprint density at radius 1 is 1.38 bits per heavy atom. The zero-order chi connectivity index (χ0) is 16.0. The minimum absolute atomic E-state index is 0.00937. The molecular formula is C16H28N2O3. The van der Waals surface area contributed by atoms with Crippen molar-refractivity contribution in [2.75, 3.05) is 6.54 Å². The molecule has 0 aliphatic heterocycles. The van der Waals surface area contributed by atoms with Gasteiger partial charge in [0.25, 0.3) is 0 Å². The smallest absolute Gasteiger partial charge is 0.407 e. The number of aryl methyl sites for hydroxylation is 1. The quantitative estimate of drug-likeness (QED) is 0.846. The summed E-state index contributed by atoms with van der Waals surface area (Å²) in [6.07, 6.45) is 1.31. The third-order valence-corrected chi connectivity index (χ3v) is 3.12. The summed E-state index contributed by atoms with van der Waals surface area (Å²) in [5.41, 5.74) is 0.647. The van der Waals surface area contributed by atoms with Crippen molar-refractivity contribution in [2.45, 2.75) is 59.7 Å². The van der Waals surface area contributed by atoms with Crippen molar-refractivity contribution >= 4 is 6.09 Å². The number of hydrogen-bond donors (Lipinski definition) is 2. The summed E-state index contributed by atoms with van der Waals surface area (Å²) in [7, 11) is 0. The van der Waals surface area contributed by atoms with Gasteiger partial charge in [0.1, 0.15) is 11.4 Å². The fraction of sp³-hybridized carbons (Fsp3) is 0.688. The van der Waals surface area contributed by atoms with E-state index in [2.05, 4.69) is 24.5 Å². The topological polar surface area (TPSA) is 63.5 Å². The van der Waals surface area contributed by atoms with E-state index in [1.54, 1.807) is 6.26 Å². The van der Waals surface area contributed by atoms with E-state index in [0.29, 0.717) is 19.0 Å². The van der Waals surface area contributed by atoms with E-state index in [1.165, 1.54) is 0 Å². The van der Waals surface area contributed by atoms with Gasteiger partial charge in [-0.2, -0.15) is 0 Å². The van der Waals surface area contributed by atoms with Crippen molar-refractivity contribution in [2.24, 2.45) is 5.92 Å². The lowest BCUT2D eigenvalue weighted by Crippen LogP contribution is -2.46. The third-order valence-electron chi connectivity index (χ3n) is 3.12. The molecule has 5 heteroatoms. The van der Waals surface area contributed by atoms with Crippen LogP contribution < -0.4 is 10.6 Å².